The van der Waals surface area contributed by atoms with Gasteiger partial charge in [-0.15, -0.1) is 0 Å². The highest BCUT2D eigenvalue weighted by Gasteiger charge is 2.07. The average molecular weight is 245 g/mol. The zero-order valence-corrected chi connectivity index (χ0v) is 10.6. The molecule has 1 aromatic carbocycles. The van der Waals surface area contributed by atoms with E-state index in [1.807, 2.05) is 19.9 Å². The summed E-state index contributed by atoms with van der Waals surface area (Å²) in [6, 6.07) is 6.52. The molecule has 94 valence electrons. The Hall–Kier alpha value is -1.81. The first-order valence-corrected chi connectivity index (χ1v) is 6.00. The molecule has 0 saturated carbocycles. The van der Waals surface area contributed by atoms with E-state index in [1.54, 1.807) is 12.3 Å². The summed E-state index contributed by atoms with van der Waals surface area (Å²) >= 11 is 0. The third kappa shape index (κ3) is 2.90. The highest BCUT2D eigenvalue weighted by molar-refractivity contribution is 5.59. The van der Waals surface area contributed by atoms with Gasteiger partial charge in [0.15, 0.2) is 5.82 Å². The van der Waals surface area contributed by atoms with Crippen LogP contribution in [0, 0.1) is 12.7 Å². The maximum absolute atomic E-state index is 13.3. The Balaban J connectivity index is 2.35. The molecule has 2 rings (SSSR count). The number of hydrogen-bond acceptors (Lipinski definition) is 3. The van der Waals surface area contributed by atoms with Crippen molar-refractivity contribution in [1.29, 1.82) is 0 Å². The van der Waals surface area contributed by atoms with Crippen LogP contribution in [-0.2, 0) is 6.54 Å². The minimum Gasteiger partial charge on any atom is -0.311 e. The van der Waals surface area contributed by atoms with E-state index in [9.17, 15) is 4.39 Å². The number of aromatic nitrogens is 2. The van der Waals surface area contributed by atoms with Crippen LogP contribution in [0.3, 0.4) is 0 Å². The Morgan fingerprint density at radius 3 is 2.89 bits per heavy atom. The van der Waals surface area contributed by atoms with Crippen molar-refractivity contribution < 1.29 is 4.39 Å². The van der Waals surface area contributed by atoms with E-state index < -0.39 is 0 Å². The van der Waals surface area contributed by atoms with Gasteiger partial charge in [-0.25, -0.2) is 14.4 Å². The molecule has 1 aromatic heterocycles. The van der Waals surface area contributed by atoms with E-state index in [0.717, 1.165) is 23.4 Å². The van der Waals surface area contributed by atoms with Gasteiger partial charge in [-0.1, -0.05) is 13.0 Å². The van der Waals surface area contributed by atoms with Crippen molar-refractivity contribution in [1.82, 2.24) is 15.3 Å². The molecule has 0 radical (unpaired) electrons. The standard InChI is InChI=1S/C14H16FN3/c1-3-16-9-12-6-7-17-14(18-12)13-8-11(15)5-4-10(13)2/h4-8,16H,3,9H2,1-2H3. The van der Waals surface area contributed by atoms with Crippen LogP contribution in [0.1, 0.15) is 18.2 Å². The molecule has 2 aromatic rings. The summed E-state index contributed by atoms with van der Waals surface area (Å²) in [5.41, 5.74) is 2.62. The Kier molecular flexibility index (Phi) is 3.99. The van der Waals surface area contributed by atoms with Crippen LogP contribution in [0.4, 0.5) is 4.39 Å². The van der Waals surface area contributed by atoms with Gasteiger partial charge in [0.25, 0.3) is 0 Å². The molecule has 0 amide bonds. The molecular formula is C14H16FN3. The van der Waals surface area contributed by atoms with E-state index in [2.05, 4.69) is 15.3 Å². The summed E-state index contributed by atoms with van der Waals surface area (Å²) < 4.78 is 13.3. The molecule has 0 fully saturated rings. The van der Waals surface area contributed by atoms with Crippen LogP contribution in [0.5, 0.6) is 0 Å². The van der Waals surface area contributed by atoms with Gasteiger partial charge >= 0.3 is 0 Å². The fourth-order valence-corrected chi connectivity index (χ4v) is 1.71. The highest BCUT2D eigenvalue weighted by Crippen LogP contribution is 2.20. The molecule has 18 heavy (non-hydrogen) atoms. The minimum atomic E-state index is -0.267. The van der Waals surface area contributed by atoms with Gasteiger partial charge in [-0.3, -0.25) is 0 Å². The van der Waals surface area contributed by atoms with Crippen LogP contribution < -0.4 is 5.32 Å². The summed E-state index contributed by atoms with van der Waals surface area (Å²) in [5, 5.41) is 3.20. The first kappa shape index (κ1) is 12.6. The second-order valence-corrected chi connectivity index (χ2v) is 4.11. The molecule has 4 heteroatoms. The van der Waals surface area contributed by atoms with E-state index in [0.29, 0.717) is 12.4 Å². The maximum Gasteiger partial charge on any atom is 0.159 e. The summed E-state index contributed by atoms with van der Waals surface area (Å²) in [6.45, 7) is 5.55. The fourth-order valence-electron chi connectivity index (χ4n) is 1.71. The van der Waals surface area contributed by atoms with E-state index >= 15 is 0 Å². The van der Waals surface area contributed by atoms with Gasteiger partial charge in [0.2, 0.25) is 0 Å². The van der Waals surface area contributed by atoms with Crippen LogP contribution in [-0.4, -0.2) is 16.5 Å². The average Bonchev–Trinajstić information content (AvgIpc) is 2.39. The lowest BCUT2D eigenvalue weighted by Gasteiger charge is -2.07. The van der Waals surface area contributed by atoms with Gasteiger partial charge in [-0.05, 0) is 37.2 Å². The highest BCUT2D eigenvalue weighted by atomic mass is 19.1. The molecule has 0 bridgehead atoms. The van der Waals surface area contributed by atoms with Crippen LogP contribution in [0.15, 0.2) is 30.5 Å². The number of benzene rings is 1. The zero-order chi connectivity index (χ0) is 13.0. The molecule has 0 spiro atoms. The number of nitrogens with one attached hydrogen (secondary N) is 1. The van der Waals surface area contributed by atoms with E-state index in [1.165, 1.54) is 12.1 Å². The predicted octanol–water partition coefficient (Wildman–Crippen LogP) is 2.70. The predicted molar refractivity (Wildman–Crippen MR) is 69.5 cm³/mol. The number of rotatable bonds is 4. The lowest BCUT2D eigenvalue weighted by Crippen LogP contribution is -2.13. The second-order valence-electron chi connectivity index (χ2n) is 4.11. The molecule has 1 N–H and O–H groups in total. The first-order chi connectivity index (χ1) is 8.70. The van der Waals surface area contributed by atoms with Crippen LogP contribution in [0.2, 0.25) is 0 Å². The van der Waals surface area contributed by atoms with Gasteiger partial charge in [0.05, 0.1) is 5.69 Å². The first-order valence-electron chi connectivity index (χ1n) is 6.00. The summed E-state index contributed by atoms with van der Waals surface area (Å²) in [6.07, 6.45) is 1.71. The number of nitrogens with zero attached hydrogens (tertiary/aromatic N) is 2. The second kappa shape index (κ2) is 5.69. The quantitative estimate of drug-likeness (QED) is 0.900. The topological polar surface area (TPSA) is 37.8 Å². The normalized spacial score (nSPS) is 10.6. The smallest absolute Gasteiger partial charge is 0.159 e. The molecular weight excluding hydrogens is 229 g/mol. The van der Waals surface area contributed by atoms with Crippen LogP contribution >= 0.6 is 0 Å². The Bertz CT molecular complexity index is 540. The van der Waals surface area contributed by atoms with E-state index in [4.69, 9.17) is 0 Å². The van der Waals surface area contributed by atoms with Crippen molar-refractivity contribution in [3.63, 3.8) is 0 Å². The zero-order valence-electron chi connectivity index (χ0n) is 10.6. The monoisotopic (exact) mass is 245 g/mol. The van der Waals surface area contributed by atoms with Crippen molar-refractivity contribution in [2.24, 2.45) is 0 Å². The molecule has 0 atom stereocenters. The maximum atomic E-state index is 13.3. The van der Waals surface area contributed by atoms with E-state index in [-0.39, 0.29) is 5.82 Å². The van der Waals surface area contributed by atoms with Crippen LogP contribution in [0.25, 0.3) is 11.4 Å². The lowest BCUT2D eigenvalue weighted by atomic mass is 10.1. The number of halogens is 1. The van der Waals surface area contributed by atoms with Crippen molar-refractivity contribution in [3.05, 3.63) is 47.5 Å². The Labute approximate surface area is 106 Å². The van der Waals surface area contributed by atoms with Crippen molar-refractivity contribution >= 4 is 0 Å². The lowest BCUT2D eigenvalue weighted by molar-refractivity contribution is 0.627. The molecule has 0 aliphatic rings. The Morgan fingerprint density at radius 1 is 1.28 bits per heavy atom. The molecule has 3 nitrogen and oxygen atoms in total. The molecule has 0 aliphatic heterocycles. The third-order valence-electron chi connectivity index (χ3n) is 2.71. The van der Waals surface area contributed by atoms with Crippen molar-refractivity contribution in [2.45, 2.75) is 20.4 Å². The SMILES string of the molecule is CCNCc1ccnc(-c2cc(F)ccc2C)n1. The van der Waals surface area contributed by atoms with Gasteiger partial charge in [0.1, 0.15) is 5.82 Å². The molecule has 0 aliphatic carbocycles. The van der Waals surface area contributed by atoms with Gasteiger partial charge in [0, 0.05) is 18.3 Å². The number of hydrogen-bond donors (Lipinski definition) is 1. The summed E-state index contributed by atoms with van der Waals surface area (Å²) in [4.78, 5) is 8.66. The largest absolute Gasteiger partial charge is 0.311 e. The van der Waals surface area contributed by atoms with Crippen molar-refractivity contribution in [3.8, 4) is 11.4 Å². The molecule has 0 saturated heterocycles. The van der Waals surface area contributed by atoms with Gasteiger partial charge < -0.3 is 5.32 Å². The molecule has 0 unspecified atom stereocenters. The minimum absolute atomic E-state index is 0.267. The van der Waals surface area contributed by atoms with Gasteiger partial charge in [-0.2, -0.15) is 0 Å². The third-order valence-corrected chi connectivity index (χ3v) is 2.71. The van der Waals surface area contributed by atoms with Crippen molar-refractivity contribution in [2.75, 3.05) is 6.54 Å². The fraction of sp³-hybridized carbons (Fsp3) is 0.286. The summed E-state index contributed by atoms with van der Waals surface area (Å²) in [5.74, 6) is 0.304. The summed E-state index contributed by atoms with van der Waals surface area (Å²) in [7, 11) is 0. The number of aryl methyl sites for hydroxylation is 1. The Morgan fingerprint density at radius 2 is 2.11 bits per heavy atom. The molecule has 1 heterocycles.